The number of nitrogens with zero attached hydrogens (tertiary/aromatic N) is 3. The van der Waals surface area contributed by atoms with Gasteiger partial charge in [0.1, 0.15) is 5.82 Å². The van der Waals surface area contributed by atoms with Gasteiger partial charge in [-0.25, -0.2) is 15.0 Å². The first-order valence-electron chi connectivity index (χ1n) is 11.4. The third-order valence-electron chi connectivity index (χ3n) is 5.96. The molecule has 0 fully saturated rings. The van der Waals surface area contributed by atoms with Crippen LogP contribution in [0, 0.1) is 0 Å². The fourth-order valence-electron chi connectivity index (χ4n) is 4.19. The molecule has 0 saturated heterocycles. The number of unbranched alkanes of at least 4 members (excludes halogenated alkanes) is 3. The van der Waals surface area contributed by atoms with Crippen molar-refractivity contribution in [2.24, 2.45) is 0 Å². The molecule has 2 aromatic rings. The monoisotopic (exact) mass is 426 g/mol. The summed E-state index contributed by atoms with van der Waals surface area (Å²) in [6, 6.07) is 5.19. The van der Waals surface area contributed by atoms with Gasteiger partial charge < -0.3 is 15.2 Å². The summed E-state index contributed by atoms with van der Waals surface area (Å²) in [6.07, 6.45) is 13.0. The number of ether oxygens (including phenoxy) is 1. The fraction of sp³-hybridized carbons (Fsp3) is 0.583. The Bertz CT molecular complexity index is 841. The van der Waals surface area contributed by atoms with Crippen LogP contribution in [0.3, 0.4) is 0 Å². The van der Waals surface area contributed by atoms with Crippen LogP contribution in [0.1, 0.15) is 81.0 Å². The molecule has 1 aliphatic rings. The molecule has 0 saturated carbocycles. The maximum atomic E-state index is 11.3. The average Bonchev–Trinajstić information content (AvgIpc) is 2.95. The molecule has 0 aromatic carbocycles. The van der Waals surface area contributed by atoms with Crippen molar-refractivity contribution in [2.75, 3.05) is 12.4 Å². The predicted molar refractivity (Wildman–Crippen MR) is 121 cm³/mol. The quantitative estimate of drug-likeness (QED) is 0.500. The first-order valence-corrected chi connectivity index (χ1v) is 11.4. The highest BCUT2D eigenvalue weighted by Gasteiger charge is 2.17. The molecule has 3 heterocycles. The van der Waals surface area contributed by atoms with Crippen molar-refractivity contribution >= 4 is 11.8 Å². The van der Waals surface area contributed by atoms with Crippen molar-refractivity contribution in [3.8, 4) is 6.01 Å². The molecule has 0 amide bonds. The van der Waals surface area contributed by atoms with Crippen molar-refractivity contribution in [3.05, 3.63) is 41.3 Å². The topological polar surface area (TPSA) is 97.2 Å². The van der Waals surface area contributed by atoms with Gasteiger partial charge in [-0.1, -0.05) is 25.3 Å². The van der Waals surface area contributed by atoms with E-state index in [9.17, 15) is 9.90 Å². The molecule has 0 spiro atoms. The van der Waals surface area contributed by atoms with Crippen molar-refractivity contribution in [3.63, 3.8) is 0 Å². The summed E-state index contributed by atoms with van der Waals surface area (Å²) in [5.41, 5.74) is 3.35. The summed E-state index contributed by atoms with van der Waals surface area (Å²) in [5, 5.41) is 12.8. The van der Waals surface area contributed by atoms with Crippen molar-refractivity contribution in [2.45, 2.75) is 83.1 Å². The molecule has 31 heavy (non-hydrogen) atoms. The molecule has 0 radical (unpaired) electrons. The van der Waals surface area contributed by atoms with E-state index in [0.717, 1.165) is 62.0 Å². The number of nitrogens with one attached hydrogen (secondary N) is 1. The summed E-state index contributed by atoms with van der Waals surface area (Å²) >= 11 is 0. The molecular formula is C24H34N4O3. The average molecular weight is 427 g/mol. The van der Waals surface area contributed by atoms with Gasteiger partial charge in [0.05, 0.1) is 13.5 Å². The number of hydrogen-bond donors (Lipinski definition) is 2. The van der Waals surface area contributed by atoms with Crippen LogP contribution in [0.25, 0.3) is 0 Å². The first-order chi connectivity index (χ1) is 15.0. The lowest BCUT2D eigenvalue weighted by molar-refractivity contribution is -0.137. The molecule has 1 aliphatic heterocycles. The van der Waals surface area contributed by atoms with Crippen LogP contribution in [0.4, 0.5) is 5.82 Å². The third-order valence-corrected chi connectivity index (χ3v) is 5.96. The summed E-state index contributed by atoms with van der Waals surface area (Å²) in [6.45, 7) is 2.22. The van der Waals surface area contributed by atoms with E-state index in [1.54, 1.807) is 12.4 Å². The maximum absolute atomic E-state index is 11.3. The molecule has 0 bridgehead atoms. The highest BCUT2D eigenvalue weighted by Crippen LogP contribution is 2.26. The minimum Gasteiger partial charge on any atom is -0.481 e. The second-order valence-electron chi connectivity index (χ2n) is 8.50. The number of pyridine rings is 1. The van der Waals surface area contributed by atoms with Gasteiger partial charge in [-0.05, 0) is 68.6 Å². The largest absolute Gasteiger partial charge is 0.481 e. The highest BCUT2D eigenvalue weighted by molar-refractivity contribution is 5.68. The van der Waals surface area contributed by atoms with Gasteiger partial charge in [-0.2, -0.15) is 0 Å². The highest BCUT2D eigenvalue weighted by atomic mass is 16.5. The van der Waals surface area contributed by atoms with Crippen molar-refractivity contribution < 1.29 is 14.6 Å². The van der Waals surface area contributed by atoms with E-state index in [1.807, 2.05) is 0 Å². The Labute approximate surface area is 184 Å². The number of carboxylic acid groups (broad SMARTS) is 1. The zero-order valence-electron chi connectivity index (χ0n) is 18.6. The lowest BCUT2D eigenvalue weighted by Gasteiger charge is -2.15. The van der Waals surface area contributed by atoms with Gasteiger partial charge in [-0.15, -0.1) is 0 Å². The lowest BCUT2D eigenvalue weighted by Crippen LogP contribution is -2.14. The molecule has 2 aromatic heterocycles. The fourth-order valence-corrected chi connectivity index (χ4v) is 4.19. The molecular weight excluding hydrogens is 392 g/mol. The SMILES string of the molecule is COc1ncc(C(CCCCCCc2ccc3c(n2)NC(C)CCC3)CC(=O)O)cn1. The van der Waals surface area contributed by atoms with E-state index in [4.69, 9.17) is 9.72 Å². The van der Waals surface area contributed by atoms with Gasteiger partial charge in [0.25, 0.3) is 0 Å². The van der Waals surface area contributed by atoms with E-state index < -0.39 is 5.97 Å². The van der Waals surface area contributed by atoms with E-state index in [0.29, 0.717) is 12.1 Å². The Morgan fingerprint density at radius 1 is 1.23 bits per heavy atom. The Kier molecular flexibility index (Phi) is 8.62. The summed E-state index contributed by atoms with van der Waals surface area (Å²) in [7, 11) is 1.52. The molecule has 7 nitrogen and oxygen atoms in total. The number of anilines is 1. The van der Waals surface area contributed by atoms with Gasteiger partial charge in [0, 0.05) is 24.1 Å². The Morgan fingerprint density at radius 3 is 2.74 bits per heavy atom. The smallest absolute Gasteiger partial charge is 0.316 e. The Hall–Kier alpha value is -2.70. The summed E-state index contributed by atoms with van der Waals surface area (Å²) in [5.74, 6) is 0.210. The number of methoxy groups -OCH3 is 1. The number of fused-ring (bicyclic) bond motifs is 1. The Morgan fingerprint density at radius 2 is 2.00 bits per heavy atom. The van der Waals surface area contributed by atoms with Gasteiger partial charge >= 0.3 is 12.0 Å². The molecule has 168 valence electrons. The number of carbonyl (C=O) groups is 1. The van der Waals surface area contributed by atoms with Crippen molar-refractivity contribution in [1.82, 2.24) is 15.0 Å². The van der Waals surface area contributed by atoms with Gasteiger partial charge in [0.2, 0.25) is 0 Å². The maximum Gasteiger partial charge on any atom is 0.316 e. The zero-order chi connectivity index (χ0) is 22.1. The number of aryl methyl sites for hydroxylation is 2. The normalized spacial score (nSPS) is 16.6. The number of rotatable bonds is 11. The van der Waals surface area contributed by atoms with Gasteiger partial charge in [-0.3, -0.25) is 4.79 Å². The molecule has 2 atom stereocenters. The molecule has 3 rings (SSSR count). The van der Waals surface area contributed by atoms with Crippen LogP contribution in [0.2, 0.25) is 0 Å². The van der Waals surface area contributed by atoms with E-state index in [-0.39, 0.29) is 12.3 Å². The number of hydrogen-bond acceptors (Lipinski definition) is 6. The van der Waals surface area contributed by atoms with Gasteiger partial charge in [0.15, 0.2) is 0 Å². The summed E-state index contributed by atoms with van der Waals surface area (Å²) in [4.78, 5) is 24.4. The lowest BCUT2D eigenvalue weighted by atomic mass is 9.92. The molecule has 2 N–H and O–H groups in total. The zero-order valence-corrected chi connectivity index (χ0v) is 18.6. The third kappa shape index (κ3) is 7.19. The predicted octanol–water partition coefficient (Wildman–Crippen LogP) is 4.77. The molecule has 2 unspecified atom stereocenters. The van der Waals surface area contributed by atoms with E-state index in [2.05, 4.69) is 34.3 Å². The molecule has 0 aliphatic carbocycles. The van der Waals surface area contributed by atoms with Crippen LogP contribution in [-0.4, -0.2) is 39.2 Å². The Balaban J connectivity index is 1.42. The summed E-state index contributed by atoms with van der Waals surface area (Å²) < 4.78 is 4.99. The minimum absolute atomic E-state index is 0.0669. The van der Waals surface area contributed by atoms with E-state index in [1.165, 1.54) is 25.5 Å². The van der Waals surface area contributed by atoms with Crippen LogP contribution in [0.15, 0.2) is 24.5 Å². The molecule has 7 heteroatoms. The number of carboxylic acids is 1. The van der Waals surface area contributed by atoms with Crippen LogP contribution < -0.4 is 10.1 Å². The van der Waals surface area contributed by atoms with Crippen molar-refractivity contribution in [1.29, 1.82) is 0 Å². The van der Waals surface area contributed by atoms with Crippen LogP contribution >= 0.6 is 0 Å². The standard InChI is InChI=1S/C24H34N4O3/c1-17-8-7-10-18-12-13-21(28-23(18)27-17)11-6-4-3-5-9-19(14-22(29)30)20-15-25-24(31-2)26-16-20/h12-13,15-17,19H,3-11,14H2,1-2H3,(H,27,28)(H,29,30). The van der Waals surface area contributed by atoms with Crippen LogP contribution in [-0.2, 0) is 17.6 Å². The number of aliphatic carboxylic acids is 1. The first kappa shape index (κ1) is 23.0. The second kappa shape index (κ2) is 11.6. The van der Waals surface area contributed by atoms with E-state index >= 15 is 0 Å². The second-order valence-corrected chi connectivity index (χ2v) is 8.50. The van der Waals surface area contributed by atoms with Crippen LogP contribution in [0.5, 0.6) is 6.01 Å². The number of aromatic nitrogens is 3. The minimum atomic E-state index is -0.793.